The Morgan fingerprint density at radius 2 is 1.75 bits per heavy atom. The van der Waals surface area contributed by atoms with Gasteiger partial charge in [0.05, 0.1) is 6.04 Å². The predicted molar refractivity (Wildman–Crippen MR) is 130 cm³/mol. The molecule has 0 aromatic heterocycles. The number of carbonyl (C=O) groups is 3. The van der Waals surface area contributed by atoms with Crippen LogP contribution in [0, 0.1) is 5.82 Å². The maximum atomic E-state index is 14.5. The lowest BCUT2D eigenvalue weighted by Gasteiger charge is -2.24. The zero-order valence-corrected chi connectivity index (χ0v) is 20.9. The zero-order valence-electron chi connectivity index (χ0n) is 20.9. The average Bonchev–Trinajstić information content (AvgIpc) is 3.18. The highest BCUT2D eigenvalue weighted by Crippen LogP contribution is 2.25. The highest BCUT2D eigenvalue weighted by Gasteiger charge is 2.36. The third-order valence-corrected chi connectivity index (χ3v) is 5.45. The first-order chi connectivity index (χ1) is 17.0. The Hall–Kier alpha value is -3.50. The number of hydrogen-bond acceptors (Lipinski definition) is 7. The van der Waals surface area contributed by atoms with Gasteiger partial charge in [-0.25, -0.2) is 9.18 Å². The van der Waals surface area contributed by atoms with Gasteiger partial charge in [0.15, 0.2) is 12.6 Å². The van der Waals surface area contributed by atoms with Crippen LogP contribution in [0.5, 0.6) is 5.75 Å². The third kappa shape index (κ3) is 6.79. The van der Waals surface area contributed by atoms with Gasteiger partial charge in [-0.3, -0.25) is 9.59 Å². The van der Waals surface area contributed by atoms with Crippen LogP contribution in [0.1, 0.15) is 54.0 Å². The molecule has 2 aromatic carbocycles. The second kappa shape index (κ2) is 11.5. The van der Waals surface area contributed by atoms with Crippen molar-refractivity contribution < 1.29 is 33.0 Å². The van der Waals surface area contributed by atoms with Crippen LogP contribution in [0.3, 0.4) is 0 Å². The number of amides is 2. The summed E-state index contributed by atoms with van der Waals surface area (Å²) < 4.78 is 30.4. The molecule has 0 saturated carbocycles. The third-order valence-electron chi connectivity index (χ3n) is 5.45. The summed E-state index contributed by atoms with van der Waals surface area (Å²) in [6, 6.07) is 9.00. The zero-order chi connectivity index (χ0) is 26.5. The van der Waals surface area contributed by atoms with E-state index in [0.29, 0.717) is 6.61 Å². The van der Waals surface area contributed by atoms with Crippen molar-refractivity contribution in [1.29, 1.82) is 0 Å². The molecule has 0 spiro atoms. The summed E-state index contributed by atoms with van der Waals surface area (Å²) in [5, 5.41) is 2.83. The molecule has 3 rings (SSSR count). The van der Waals surface area contributed by atoms with E-state index in [1.165, 1.54) is 47.4 Å². The second-order valence-electron chi connectivity index (χ2n) is 9.40. The van der Waals surface area contributed by atoms with Gasteiger partial charge >= 0.3 is 6.09 Å². The van der Waals surface area contributed by atoms with Crippen molar-refractivity contribution in [3.63, 3.8) is 0 Å². The number of carbonyl (C=O) groups excluding carboxylic acids is 3. The lowest BCUT2D eigenvalue weighted by Crippen LogP contribution is -2.46. The van der Waals surface area contributed by atoms with E-state index in [0.717, 1.165) is 0 Å². The van der Waals surface area contributed by atoms with E-state index in [1.807, 2.05) is 0 Å². The van der Waals surface area contributed by atoms with Gasteiger partial charge in [-0.15, -0.1) is 0 Å². The molecule has 1 fully saturated rings. The molecule has 0 unspecified atom stereocenters. The Labute approximate surface area is 209 Å². The molecule has 1 aliphatic heterocycles. The van der Waals surface area contributed by atoms with E-state index < -0.39 is 41.3 Å². The van der Waals surface area contributed by atoms with Crippen molar-refractivity contribution >= 4 is 17.8 Å². The van der Waals surface area contributed by atoms with E-state index in [-0.39, 0.29) is 42.3 Å². The molecule has 2 aromatic rings. The molecule has 3 N–H and O–H groups in total. The maximum Gasteiger partial charge on any atom is 0.410 e. The summed E-state index contributed by atoms with van der Waals surface area (Å²) in [6.07, 6.45) is -0.490. The van der Waals surface area contributed by atoms with Gasteiger partial charge in [-0.05, 0) is 52.0 Å². The topological polar surface area (TPSA) is 120 Å². The number of benzene rings is 2. The lowest BCUT2D eigenvalue weighted by molar-refractivity contribution is 0.0217. The van der Waals surface area contributed by atoms with Crippen molar-refractivity contribution in [2.75, 3.05) is 26.5 Å². The SMILES string of the molecule is CCOCOc1cccc(F)c1C(=O)c1ccc(C(=O)N[C@@H]2CN(C(=O)OC(C)(C)C)C[C@H]2N)cc1. The summed E-state index contributed by atoms with van der Waals surface area (Å²) in [6.45, 7) is 7.87. The van der Waals surface area contributed by atoms with Crippen LogP contribution in [-0.4, -0.2) is 66.9 Å². The molecule has 0 bridgehead atoms. The number of ether oxygens (including phenoxy) is 3. The van der Waals surface area contributed by atoms with Crippen LogP contribution in [0.4, 0.5) is 9.18 Å². The van der Waals surface area contributed by atoms with Crippen LogP contribution in [0.2, 0.25) is 0 Å². The Kier molecular flexibility index (Phi) is 8.65. The summed E-state index contributed by atoms with van der Waals surface area (Å²) >= 11 is 0. The number of halogens is 1. The molecule has 2 atom stereocenters. The Bertz CT molecular complexity index is 1100. The second-order valence-corrected chi connectivity index (χ2v) is 9.40. The van der Waals surface area contributed by atoms with Crippen molar-refractivity contribution in [2.24, 2.45) is 5.73 Å². The smallest absolute Gasteiger partial charge is 0.410 e. The molecule has 36 heavy (non-hydrogen) atoms. The molecule has 9 nitrogen and oxygen atoms in total. The molecule has 1 heterocycles. The predicted octanol–water partition coefficient (Wildman–Crippen LogP) is 3.11. The number of nitrogens with zero attached hydrogens (tertiary/aromatic N) is 1. The van der Waals surface area contributed by atoms with Crippen LogP contribution in [0.15, 0.2) is 42.5 Å². The first-order valence-corrected chi connectivity index (χ1v) is 11.7. The van der Waals surface area contributed by atoms with Gasteiger partial charge in [0.25, 0.3) is 5.91 Å². The summed E-state index contributed by atoms with van der Waals surface area (Å²) in [5.41, 5.74) is 5.75. The fourth-order valence-corrected chi connectivity index (χ4v) is 3.66. The fraction of sp³-hybridized carbons (Fsp3) is 0.423. The first kappa shape index (κ1) is 27.1. The minimum Gasteiger partial charge on any atom is -0.467 e. The van der Waals surface area contributed by atoms with Crippen LogP contribution in [-0.2, 0) is 9.47 Å². The van der Waals surface area contributed by atoms with Crippen LogP contribution < -0.4 is 15.8 Å². The van der Waals surface area contributed by atoms with Gasteiger partial charge in [-0.1, -0.05) is 18.2 Å². The van der Waals surface area contributed by atoms with Crippen molar-refractivity contribution in [3.8, 4) is 5.75 Å². The minimum absolute atomic E-state index is 0.0695. The number of hydrogen-bond donors (Lipinski definition) is 2. The number of likely N-dealkylation sites (tertiary alicyclic amines) is 1. The molecule has 0 aliphatic carbocycles. The largest absolute Gasteiger partial charge is 0.467 e. The van der Waals surface area contributed by atoms with Crippen LogP contribution in [0.25, 0.3) is 0 Å². The van der Waals surface area contributed by atoms with Crippen molar-refractivity contribution in [2.45, 2.75) is 45.4 Å². The molecule has 1 saturated heterocycles. The van der Waals surface area contributed by atoms with Gasteiger partial charge in [0.2, 0.25) is 0 Å². The number of ketones is 1. The minimum atomic E-state index is -0.722. The lowest BCUT2D eigenvalue weighted by atomic mass is 10.0. The summed E-state index contributed by atoms with van der Waals surface area (Å²) in [5.74, 6) is -1.65. The summed E-state index contributed by atoms with van der Waals surface area (Å²) in [4.78, 5) is 39.5. The van der Waals surface area contributed by atoms with E-state index in [9.17, 15) is 18.8 Å². The molecule has 10 heteroatoms. The highest BCUT2D eigenvalue weighted by atomic mass is 19.1. The Morgan fingerprint density at radius 3 is 2.39 bits per heavy atom. The van der Waals surface area contributed by atoms with E-state index in [1.54, 1.807) is 27.7 Å². The van der Waals surface area contributed by atoms with Crippen molar-refractivity contribution in [1.82, 2.24) is 10.2 Å². The quantitative estimate of drug-likeness (QED) is 0.324. The van der Waals surface area contributed by atoms with Gasteiger partial charge in [0, 0.05) is 36.9 Å². The first-order valence-electron chi connectivity index (χ1n) is 11.7. The van der Waals surface area contributed by atoms with Gasteiger partial charge in [0.1, 0.15) is 22.7 Å². The highest BCUT2D eigenvalue weighted by molar-refractivity contribution is 6.11. The number of rotatable bonds is 8. The molecule has 0 radical (unpaired) electrons. The van der Waals surface area contributed by atoms with Crippen molar-refractivity contribution in [3.05, 3.63) is 65.0 Å². The van der Waals surface area contributed by atoms with E-state index in [2.05, 4.69) is 5.32 Å². The molecule has 1 aliphatic rings. The molecular weight excluding hydrogens is 469 g/mol. The molecular formula is C26H32FN3O6. The maximum absolute atomic E-state index is 14.5. The number of nitrogens with two attached hydrogens (primary N) is 1. The Morgan fingerprint density at radius 1 is 1.08 bits per heavy atom. The monoisotopic (exact) mass is 501 g/mol. The summed E-state index contributed by atoms with van der Waals surface area (Å²) in [7, 11) is 0. The average molecular weight is 502 g/mol. The fourth-order valence-electron chi connectivity index (χ4n) is 3.66. The van der Waals surface area contributed by atoms with Gasteiger partial charge < -0.3 is 30.2 Å². The Balaban J connectivity index is 1.66. The molecule has 2 amide bonds. The number of nitrogens with one attached hydrogen (secondary N) is 1. The van der Waals surface area contributed by atoms with Crippen LogP contribution >= 0.6 is 0 Å². The molecule has 194 valence electrons. The van der Waals surface area contributed by atoms with E-state index >= 15 is 0 Å². The standard InChI is InChI=1S/C26H32FN3O6/c1-5-34-15-35-21-8-6-7-18(27)22(21)23(31)16-9-11-17(12-10-16)24(32)29-20-14-30(13-19(20)28)25(33)36-26(2,3)4/h6-12,19-20H,5,13-15,28H2,1-4H3,(H,29,32)/t19-,20-/m1/s1. The normalized spacial score (nSPS) is 17.6. The van der Waals surface area contributed by atoms with Gasteiger partial charge in [-0.2, -0.15) is 0 Å². The van der Waals surface area contributed by atoms with E-state index in [4.69, 9.17) is 19.9 Å².